The van der Waals surface area contributed by atoms with Gasteiger partial charge in [0, 0.05) is 13.1 Å². The molecule has 1 aromatic rings. The van der Waals surface area contributed by atoms with Gasteiger partial charge in [0.2, 0.25) is 10.0 Å². The molecule has 1 aliphatic carbocycles. The molecule has 2 rings (SSSR count). The Morgan fingerprint density at radius 2 is 2.15 bits per heavy atom. The third-order valence-electron chi connectivity index (χ3n) is 3.78. The Morgan fingerprint density at radius 3 is 2.70 bits per heavy atom. The Morgan fingerprint density at radius 1 is 1.45 bits per heavy atom. The highest BCUT2D eigenvalue weighted by atomic mass is 32.2. The summed E-state index contributed by atoms with van der Waals surface area (Å²) in [6.07, 6.45) is 2.41. The lowest BCUT2D eigenvalue weighted by atomic mass is 10.1. The number of nitrogens with two attached hydrogens (primary N) is 1. The van der Waals surface area contributed by atoms with Crippen LogP contribution in [0.4, 0.5) is 0 Å². The van der Waals surface area contributed by atoms with Gasteiger partial charge in [0.15, 0.2) is 0 Å². The summed E-state index contributed by atoms with van der Waals surface area (Å²) in [7, 11) is -2.08. The van der Waals surface area contributed by atoms with E-state index >= 15 is 0 Å². The molecule has 0 aliphatic heterocycles. The van der Waals surface area contributed by atoms with Gasteiger partial charge in [-0.3, -0.25) is 0 Å². The highest BCUT2D eigenvalue weighted by Crippen LogP contribution is 2.36. The van der Waals surface area contributed by atoms with Crippen LogP contribution in [0.15, 0.2) is 23.1 Å². The SMILES string of the molecule is COc1cc(CN)ccc1S(=O)(=O)NCC(C)C1CC1. The molecule has 1 aliphatic rings. The number of ether oxygens (including phenoxy) is 1. The van der Waals surface area contributed by atoms with Crippen LogP contribution in [0, 0.1) is 11.8 Å². The molecule has 1 aromatic carbocycles. The highest BCUT2D eigenvalue weighted by Gasteiger charge is 2.29. The van der Waals surface area contributed by atoms with E-state index in [2.05, 4.69) is 11.6 Å². The van der Waals surface area contributed by atoms with Gasteiger partial charge in [0.25, 0.3) is 0 Å². The molecule has 3 N–H and O–H groups in total. The first-order chi connectivity index (χ1) is 9.47. The van der Waals surface area contributed by atoms with Crippen molar-refractivity contribution in [3.8, 4) is 5.75 Å². The van der Waals surface area contributed by atoms with Gasteiger partial charge in [-0.15, -0.1) is 0 Å². The number of sulfonamides is 1. The molecule has 112 valence electrons. The predicted molar refractivity (Wildman–Crippen MR) is 78.0 cm³/mol. The lowest BCUT2D eigenvalue weighted by molar-refractivity contribution is 0.401. The summed E-state index contributed by atoms with van der Waals surface area (Å²) in [6, 6.07) is 4.92. The molecule has 5 nitrogen and oxygen atoms in total. The first-order valence-corrected chi connectivity index (χ1v) is 8.33. The lowest BCUT2D eigenvalue weighted by Gasteiger charge is -2.14. The molecule has 0 amide bonds. The normalized spacial score (nSPS) is 16.9. The van der Waals surface area contributed by atoms with E-state index in [0.717, 1.165) is 5.56 Å². The molecule has 20 heavy (non-hydrogen) atoms. The predicted octanol–water partition coefficient (Wildman–Crippen LogP) is 1.48. The summed E-state index contributed by atoms with van der Waals surface area (Å²) < 4.78 is 32.5. The Labute approximate surface area is 120 Å². The first-order valence-electron chi connectivity index (χ1n) is 6.84. The van der Waals surface area contributed by atoms with E-state index in [1.54, 1.807) is 18.2 Å². The van der Waals surface area contributed by atoms with Crippen molar-refractivity contribution in [2.75, 3.05) is 13.7 Å². The third kappa shape index (κ3) is 3.50. The van der Waals surface area contributed by atoms with Gasteiger partial charge >= 0.3 is 0 Å². The Bertz CT molecular complexity index is 568. The Kier molecular flexibility index (Phi) is 4.67. The van der Waals surface area contributed by atoms with E-state index in [1.165, 1.54) is 20.0 Å². The van der Waals surface area contributed by atoms with E-state index in [-0.39, 0.29) is 4.90 Å². The summed E-state index contributed by atoms with van der Waals surface area (Å²) >= 11 is 0. The van der Waals surface area contributed by atoms with Gasteiger partial charge in [0.1, 0.15) is 10.6 Å². The number of nitrogens with one attached hydrogen (secondary N) is 1. The van der Waals surface area contributed by atoms with Crippen LogP contribution in [-0.2, 0) is 16.6 Å². The van der Waals surface area contributed by atoms with Crippen molar-refractivity contribution in [1.82, 2.24) is 4.72 Å². The average molecular weight is 298 g/mol. The van der Waals surface area contributed by atoms with E-state index in [9.17, 15) is 8.42 Å². The van der Waals surface area contributed by atoms with E-state index in [1.807, 2.05) is 0 Å². The van der Waals surface area contributed by atoms with Crippen molar-refractivity contribution in [3.05, 3.63) is 23.8 Å². The minimum atomic E-state index is -3.54. The molecule has 6 heteroatoms. The van der Waals surface area contributed by atoms with Gasteiger partial charge in [-0.25, -0.2) is 13.1 Å². The molecule has 0 aromatic heterocycles. The van der Waals surface area contributed by atoms with Crippen LogP contribution in [0.25, 0.3) is 0 Å². The zero-order chi connectivity index (χ0) is 14.8. The summed E-state index contributed by atoms with van der Waals surface area (Å²) in [5.74, 6) is 1.37. The first kappa shape index (κ1) is 15.3. The zero-order valence-electron chi connectivity index (χ0n) is 11.9. The van der Waals surface area contributed by atoms with Crippen LogP contribution >= 0.6 is 0 Å². The van der Waals surface area contributed by atoms with Crippen LogP contribution in [-0.4, -0.2) is 22.1 Å². The van der Waals surface area contributed by atoms with Crippen LogP contribution in [0.2, 0.25) is 0 Å². The molecule has 1 saturated carbocycles. The molecule has 0 spiro atoms. The fourth-order valence-electron chi connectivity index (χ4n) is 2.21. The summed E-state index contributed by atoms with van der Waals surface area (Å²) in [5.41, 5.74) is 6.39. The second-order valence-corrected chi connectivity index (χ2v) is 7.09. The van der Waals surface area contributed by atoms with Gasteiger partial charge in [0.05, 0.1) is 7.11 Å². The van der Waals surface area contributed by atoms with E-state index in [0.29, 0.717) is 30.7 Å². The molecule has 1 fully saturated rings. The minimum Gasteiger partial charge on any atom is -0.495 e. The van der Waals surface area contributed by atoms with Gasteiger partial charge in [-0.05, 0) is 42.4 Å². The standard InChI is InChI=1S/C14H22N2O3S/c1-10(12-4-5-12)9-16-20(17,18)14-6-3-11(8-15)7-13(14)19-2/h3,6-7,10,12,16H,4-5,8-9,15H2,1-2H3. The monoisotopic (exact) mass is 298 g/mol. The van der Waals surface area contributed by atoms with Crippen LogP contribution in [0.5, 0.6) is 5.75 Å². The molecule has 0 saturated heterocycles. The molecular weight excluding hydrogens is 276 g/mol. The molecular formula is C14H22N2O3S. The van der Waals surface area contributed by atoms with Gasteiger partial charge in [-0.2, -0.15) is 0 Å². The largest absolute Gasteiger partial charge is 0.495 e. The lowest BCUT2D eigenvalue weighted by Crippen LogP contribution is -2.29. The Hall–Kier alpha value is -1.11. The molecule has 1 atom stereocenters. The number of rotatable bonds is 7. The van der Waals surface area contributed by atoms with Crippen molar-refractivity contribution in [3.63, 3.8) is 0 Å². The average Bonchev–Trinajstić information content (AvgIpc) is 3.28. The fraction of sp³-hybridized carbons (Fsp3) is 0.571. The van der Waals surface area contributed by atoms with Crippen molar-refractivity contribution in [2.45, 2.75) is 31.2 Å². The van der Waals surface area contributed by atoms with Crippen molar-refractivity contribution in [1.29, 1.82) is 0 Å². The second kappa shape index (κ2) is 6.11. The maximum absolute atomic E-state index is 12.3. The summed E-state index contributed by atoms with van der Waals surface area (Å²) in [5, 5.41) is 0. The number of hydrogen-bond donors (Lipinski definition) is 2. The smallest absolute Gasteiger partial charge is 0.244 e. The number of benzene rings is 1. The Balaban J connectivity index is 2.15. The third-order valence-corrected chi connectivity index (χ3v) is 5.24. The molecule has 1 unspecified atom stereocenters. The van der Waals surface area contributed by atoms with Crippen molar-refractivity contribution >= 4 is 10.0 Å². The van der Waals surface area contributed by atoms with Crippen LogP contribution < -0.4 is 15.2 Å². The number of methoxy groups -OCH3 is 1. The second-order valence-electron chi connectivity index (χ2n) is 5.36. The highest BCUT2D eigenvalue weighted by molar-refractivity contribution is 7.89. The molecule has 0 bridgehead atoms. The molecule has 0 radical (unpaired) electrons. The summed E-state index contributed by atoms with van der Waals surface area (Å²) in [6.45, 7) is 2.90. The zero-order valence-corrected chi connectivity index (χ0v) is 12.7. The van der Waals surface area contributed by atoms with Crippen molar-refractivity contribution < 1.29 is 13.2 Å². The maximum atomic E-state index is 12.3. The van der Waals surface area contributed by atoms with Crippen LogP contribution in [0.3, 0.4) is 0 Å². The fourth-order valence-corrected chi connectivity index (χ4v) is 3.50. The van der Waals surface area contributed by atoms with Crippen LogP contribution in [0.1, 0.15) is 25.3 Å². The molecule has 0 heterocycles. The number of hydrogen-bond acceptors (Lipinski definition) is 4. The van der Waals surface area contributed by atoms with E-state index < -0.39 is 10.0 Å². The quantitative estimate of drug-likeness (QED) is 0.799. The van der Waals surface area contributed by atoms with Crippen molar-refractivity contribution in [2.24, 2.45) is 17.6 Å². The summed E-state index contributed by atoms with van der Waals surface area (Å²) in [4.78, 5) is 0.167. The van der Waals surface area contributed by atoms with E-state index in [4.69, 9.17) is 10.5 Å². The topological polar surface area (TPSA) is 81.4 Å². The maximum Gasteiger partial charge on any atom is 0.244 e. The minimum absolute atomic E-state index is 0.167. The van der Waals surface area contributed by atoms with Gasteiger partial charge < -0.3 is 10.5 Å². The van der Waals surface area contributed by atoms with Gasteiger partial charge in [-0.1, -0.05) is 13.0 Å².